The van der Waals surface area contributed by atoms with Crippen LogP contribution in [0.2, 0.25) is 0 Å². The molecule has 182 valence electrons. The maximum atomic E-state index is 13.0. The van der Waals surface area contributed by atoms with Crippen LogP contribution in [-0.4, -0.2) is 74.3 Å². The number of piperidine rings is 1. The van der Waals surface area contributed by atoms with E-state index in [9.17, 15) is 18.0 Å². The second kappa shape index (κ2) is 11.0. The molecule has 2 aliphatic rings. The maximum absolute atomic E-state index is 13.0. The summed E-state index contributed by atoms with van der Waals surface area (Å²) in [6.07, 6.45) is 2.94. The number of benzene rings is 1. The van der Waals surface area contributed by atoms with Crippen LogP contribution < -0.4 is 15.8 Å². The van der Waals surface area contributed by atoms with Crippen molar-refractivity contribution in [2.75, 3.05) is 26.2 Å². The summed E-state index contributed by atoms with van der Waals surface area (Å²) in [7, 11) is -3.71. The summed E-state index contributed by atoms with van der Waals surface area (Å²) in [4.78, 5) is 29.1. The molecule has 2 heterocycles. The first-order valence-electron chi connectivity index (χ1n) is 11.4. The number of nitrogens with two attached hydrogens (primary N) is 1. The number of rotatable bonds is 8. The zero-order valence-corrected chi connectivity index (χ0v) is 19.8. The van der Waals surface area contributed by atoms with E-state index < -0.39 is 22.1 Å². The van der Waals surface area contributed by atoms with E-state index in [1.54, 1.807) is 24.3 Å². The Morgan fingerprint density at radius 2 is 1.82 bits per heavy atom. The normalized spacial score (nSPS) is 20.5. The van der Waals surface area contributed by atoms with Crippen molar-refractivity contribution in [3.05, 3.63) is 35.9 Å². The van der Waals surface area contributed by atoms with E-state index in [2.05, 4.69) is 10.0 Å². The molecule has 5 N–H and O–H groups in total. The second-order valence-corrected chi connectivity index (χ2v) is 10.6. The Kier molecular flexibility index (Phi) is 8.30. The van der Waals surface area contributed by atoms with Crippen LogP contribution in [0.1, 0.15) is 38.2 Å². The zero-order chi connectivity index (χ0) is 24.0. The fourth-order valence-corrected chi connectivity index (χ4v) is 5.80. The number of hydrogen-bond acceptors (Lipinski definition) is 5. The molecule has 2 amide bonds. The third kappa shape index (κ3) is 6.91. The molecule has 2 fully saturated rings. The number of carbonyl (C=O) groups is 2. The van der Waals surface area contributed by atoms with E-state index in [1.807, 2.05) is 11.0 Å². The highest BCUT2D eigenvalue weighted by atomic mass is 32.2. The molecule has 2 atom stereocenters. The number of hydrogen-bond donors (Lipinski definition) is 4. The van der Waals surface area contributed by atoms with Gasteiger partial charge in [0, 0.05) is 26.2 Å². The highest BCUT2D eigenvalue weighted by Crippen LogP contribution is 2.20. The van der Waals surface area contributed by atoms with Gasteiger partial charge < -0.3 is 20.9 Å². The largest absolute Gasteiger partial charge is 0.370 e. The van der Waals surface area contributed by atoms with Crippen LogP contribution in [0, 0.1) is 11.3 Å². The van der Waals surface area contributed by atoms with Crippen molar-refractivity contribution in [2.24, 2.45) is 11.7 Å². The fraction of sp³-hybridized carbons (Fsp3) is 0.591. The highest BCUT2D eigenvalue weighted by molar-refractivity contribution is 7.88. The van der Waals surface area contributed by atoms with E-state index in [0.717, 1.165) is 12.8 Å². The lowest BCUT2D eigenvalue weighted by Gasteiger charge is -2.32. The van der Waals surface area contributed by atoms with Crippen molar-refractivity contribution in [1.82, 2.24) is 19.8 Å². The molecule has 10 nitrogen and oxygen atoms in total. The van der Waals surface area contributed by atoms with Crippen LogP contribution in [0.5, 0.6) is 0 Å². The molecular formula is C22H34N6O4S. The summed E-state index contributed by atoms with van der Waals surface area (Å²) in [5, 5.41) is 10.5. The molecule has 0 aromatic heterocycles. The van der Waals surface area contributed by atoms with Gasteiger partial charge in [-0.3, -0.25) is 15.0 Å². The summed E-state index contributed by atoms with van der Waals surface area (Å²) < 4.78 is 27.5. The molecule has 3 rings (SSSR count). The predicted octanol–water partition coefficient (Wildman–Crippen LogP) is 0.207. The predicted molar refractivity (Wildman–Crippen MR) is 126 cm³/mol. The molecule has 2 aliphatic heterocycles. The third-order valence-corrected chi connectivity index (χ3v) is 7.71. The number of carbonyl (C=O) groups excluding carboxylic acids is 2. The Bertz CT molecular complexity index is 947. The number of nitrogens with zero attached hydrogens (tertiary/aromatic N) is 2. The topological polar surface area (TPSA) is 149 Å². The molecule has 0 radical (unpaired) electrons. The van der Waals surface area contributed by atoms with Crippen LogP contribution in [0.4, 0.5) is 0 Å². The molecule has 0 unspecified atom stereocenters. The van der Waals surface area contributed by atoms with Gasteiger partial charge in [0.15, 0.2) is 5.96 Å². The monoisotopic (exact) mass is 478 g/mol. The highest BCUT2D eigenvalue weighted by Gasteiger charge is 2.37. The maximum Gasteiger partial charge on any atom is 0.242 e. The lowest BCUT2D eigenvalue weighted by atomic mass is 9.97. The van der Waals surface area contributed by atoms with Crippen LogP contribution in [0.25, 0.3) is 0 Å². The quantitative estimate of drug-likeness (QED) is 0.310. The van der Waals surface area contributed by atoms with Crippen LogP contribution in [-0.2, 0) is 25.4 Å². The standard InChI is InChI=1S/C22H34N6O4S/c1-16(26-33(31,32)15-18-6-3-2-4-7-18)21(30)28-11-5-8-19(28)20(29)25-14-17-9-12-27(13-10-17)22(23)24/h2-4,6-7,16-17,19,26H,5,8-15H2,1H3,(H3,23,24)(H,25,29)/t16-,19-/m0/s1. The van der Waals surface area contributed by atoms with Gasteiger partial charge in [-0.15, -0.1) is 0 Å². The lowest BCUT2D eigenvalue weighted by Crippen LogP contribution is -2.53. The van der Waals surface area contributed by atoms with Crippen molar-refractivity contribution in [3.63, 3.8) is 0 Å². The minimum Gasteiger partial charge on any atom is -0.370 e. The SMILES string of the molecule is C[C@H](NS(=O)(=O)Cc1ccccc1)C(=O)N1CCC[C@H]1C(=O)NCC1CCN(C(=N)N)CC1. The first-order valence-corrected chi connectivity index (χ1v) is 13.0. The Hall–Kier alpha value is -2.66. The molecular weight excluding hydrogens is 444 g/mol. The Morgan fingerprint density at radius 1 is 1.15 bits per heavy atom. The molecule has 0 spiro atoms. The van der Waals surface area contributed by atoms with Crippen molar-refractivity contribution < 1.29 is 18.0 Å². The van der Waals surface area contributed by atoms with Gasteiger partial charge >= 0.3 is 0 Å². The van der Waals surface area contributed by atoms with E-state index in [1.165, 1.54) is 11.8 Å². The Balaban J connectivity index is 1.50. The lowest BCUT2D eigenvalue weighted by molar-refractivity contribution is -0.139. The summed E-state index contributed by atoms with van der Waals surface area (Å²) in [6.45, 7) is 3.86. The van der Waals surface area contributed by atoms with Crippen LogP contribution >= 0.6 is 0 Å². The molecule has 2 saturated heterocycles. The van der Waals surface area contributed by atoms with Gasteiger partial charge in [0.2, 0.25) is 21.8 Å². The summed E-state index contributed by atoms with van der Waals surface area (Å²) in [5.41, 5.74) is 6.16. The first kappa shape index (κ1) is 25.0. The van der Waals surface area contributed by atoms with Crippen molar-refractivity contribution >= 4 is 27.8 Å². The molecule has 0 aliphatic carbocycles. The number of guanidine groups is 1. The molecule has 0 bridgehead atoms. The number of nitrogens with one attached hydrogen (secondary N) is 3. The van der Waals surface area contributed by atoms with Crippen molar-refractivity contribution in [2.45, 2.75) is 50.4 Å². The van der Waals surface area contributed by atoms with Gasteiger partial charge in [-0.2, -0.15) is 0 Å². The van der Waals surface area contributed by atoms with Crippen LogP contribution in [0.15, 0.2) is 30.3 Å². The van der Waals surface area contributed by atoms with Gasteiger partial charge in [-0.25, -0.2) is 13.1 Å². The van der Waals surface area contributed by atoms with E-state index in [0.29, 0.717) is 50.5 Å². The summed E-state index contributed by atoms with van der Waals surface area (Å²) in [6, 6.07) is 7.23. The molecule has 11 heteroatoms. The summed E-state index contributed by atoms with van der Waals surface area (Å²) in [5.74, 6) is -0.421. The van der Waals surface area contributed by atoms with Crippen molar-refractivity contribution in [3.8, 4) is 0 Å². The number of likely N-dealkylation sites (tertiary alicyclic amines) is 2. The number of amides is 2. The van der Waals surface area contributed by atoms with Gasteiger partial charge in [0.05, 0.1) is 11.8 Å². The molecule has 0 saturated carbocycles. The third-order valence-electron chi connectivity index (χ3n) is 6.28. The van der Waals surface area contributed by atoms with Gasteiger partial charge in [0.1, 0.15) is 6.04 Å². The van der Waals surface area contributed by atoms with E-state index >= 15 is 0 Å². The average molecular weight is 479 g/mol. The number of sulfonamides is 1. The fourth-order valence-electron chi connectivity index (χ4n) is 4.45. The Morgan fingerprint density at radius 3 is 2.45 bits per heavy atom. The van der Waals surface area contributed by atoms with E-state index in [4.69, 9.17) is 11.1 Å². The summed E-state index contributed by atoms with van der Waals surface area (Å²) >= 11 is 0. The second-order valence-electron chi connectivity index (χ2n) is 8.83. The molecule has 1 aromatic carbocycles. The van der Waals surface area contributed by atoms with Gasteiger partial charge in [0.25, 0.3) is 0 Å². The van der Waals surface area contributed by atoms with Gasteiger partial charge in [-0.1, -0.05) is 30.3 Å². The minimum atomic E-state index is -3.71. The first-order chi connectivity index (χ1) is 15.7. The minimum absolute atomic E-state index is 0.0751. The molecule has 1 aromatic rings. The molecule has 33 heavy (non-hydrogen) atoms. The van der Waals surface area contributed by atoms with Crippen molar-refractivity contribution in [1.29, 1.82) is 5.41 Å². The van der Waals surface area contributed by atoms with Gasteiger partial charge in [-0.05, 0) is 44.1 Å². The van der Waals surface area contributed by atoms with E-state index in [-0.39, 0.29) is 23.5 Å². The zero-order valence-electron chi connectivity index (χ0n) is 19.0. The van der Waals surface area contributed by atoms with Crippen LogP contribution in [0.3, 0.4) is 0 Å². The smallest absolute Gasteiger partial charge is 0.242 e. The average Bonchev–Trinajstić information content (AvgIpc) is 3.27. The Labute approximate surface area is 195 Å².